The predicted octanol–water partition coefficient (Wildman–Crippen LogP) is 0.951. The number of rotatable bonds is 3. The zero-order chi connectivity index (χ0) is 14.9. The second-order valence-corrected chi connectivity index (χ2v) is 5.96. The SMILES string of the molecule is CS(=O)(=O)c1ccnc(-c2cccc(O)c2C(=O)O)n1. The highest BCUT2D eigenvalue weighted by molar-refractivity contribution is 7.90. The molecule has 0 saturated heterocycles. The molecule has 2 aromatic rings. The minimum atomic E-state index is -3.54. The van der Waals surface area contributed by atoms with Gasteiger partial charge in [-0.3, -0.25) is 0 Å². The largest absolute Gasteiger partial charge is 0.507 e. The molecule has 0 aliphatic heterocycles. The number of sulfone groups is 1. The van der Waals surface area contributed by atoms with Crippen LogP contribution in [0.1, 0.15) is 10.4 Å². The van der Waals surface area contributed by atoms with Crippen LogP contribution in [0.5, 0.6) is 5.75 Å². The Balaban J connectivity index is 2.70. The highest BCUT2D eigenvalue weighted by Gasteiger charge is 2.19. The number of benzene rings is 1. The molecule has 0 radical (unpaired) electrons. The van der Waals surface area contributed by atoms with Gasteiger partial charge in [-0.15, -0.1) is 0 Å². The minimum absolute atomic E-state index is 0.0444. The molecule has 0 unspecified atom stereocenters. The molecule has 20 heavy (non-hydrogen) atoms. The van der Waals surface area contributed by atoms with Gasteiger partial charge in [-0.2, -0.15) is 0 Å². The second kappa shape index (κ2) is 4.89. The Bertz CT molecular complexity index is 786. The fourth-order valence-electron chi connectivity index (χ4n) is 1.63. The molecule has 0 bridgehead atoms. The van der Waals surface area contributed by atoms with Crippen LogP contribution in [0, 0.1) is 0 Å². The summed E-state index contributed by atoms with van der Waals surface area (Å²) in [6, 6.07) is 5.24. The lowest BCUT2D eigenvalue weighted by Crippen LogP contribution is -2.05. The second-order valence-electron chi connectivity index (χ2n) is 4.00. The number of hydrogen-bond acceptors (Lipinski definition) is 6. The first kappa shape index (κ1) is 13.9. The molecule has 0 atom stereocenters. The quantitative estimate of drug-likeness (QED) is 0.809. The van der Waals surface area contributed by atoms with E-state index in [1.54, 1.807) is 0 Å². The average Bonchev–Trinajstić information content (AvgIpc) is 2.37. The van der Waals surface area contributed by atoms with E-state index in [-0.39, 0.29) is 22.0 Å². The number of carboxylic acids is 1. The number of aromatic carboxylic acids is 1. The Hall–Kier alpha value is -2.48. The zero-order valence-electron chi connectivity index (χ0n) is 10.3. The van der Waals surface area contributed by atoms with Crippen LogP contribution in [0.15, 0.2) is 35.5 Å². The van der Waals surface area contributed by atoms with Crippen LogP contribution in [0.25, 0.3) is 11.4 Å². The van der Waals surface area contributed by atoms with Gasteiger partial charge in [-0.25, -0.2) is 23.2 Å². The third kappa shape index (κ3) is 2.59. The van der Waals surface area contributed by atoms with Crippen molar-refractivity contribution in [3.63, 3.8) is 0 Å². The first-order valence-corrected chi connectivity index (χ1v) is 7.28. The lowest BCUT2D eigenvalue weighted by Gasteiger charge is -2.07. The van der Waals surface area contributed by atoms with Gasteiger partial charge in [0.2, 0.25) is 0 Å². The summed E-state index contributed by atoms with van der Waals surface area (Å²) in [6.45, 7) is 0. The van der Waals surface area contributed by atoms with Gasteiger partial charge < -0.3 is 10.2 Å². The van der Waals surface area contributed by atoms with Crippen molar-refractivity contribution in [2.24, 2.45) is 0 Å². The van der Waals surface area contributed by atoms with Gasteiger partial charge >= 0.3 is 5.97 Å². The molecule has 0 fully saturated rings. The number of phenols is 1. The van der Waals surface area contributed by atoms with Crippen molar-refractivity contribution in [3.8, 4) is 17.1 Å². The third-order valence-corrected chi connectivity index (χ3v) is 3.49. The number of hydrogen-bond donors (Lipinski definition) is 2. The predicted molar refractivity (Wildman–Crippen MR) is 69.2 cm³/mol. The normalized spacial score (nSPS) is 11.2. The summed E-state index contributed by atoms with van der Waals surface area (Å²) < 4.78 is 22.9. The van der Waals surface area contributed by atoms with E-state index >= 15 is 0 Å². The molecule has 0 spiro atoms. The molecule has 0 saturated carbocycles. The van der Waals surface area contributed by atoms with E-state index in [0.717, 1.165) is 6.26 Å². The molecule has 0 amide bonds. The van der Waals surface area contributed by atoms with Gasteiger partial charge in [0.1, 0.15) is 11.3 Å². The molecule has 7 nitrogen and oxygen atoms in total. The number of aromatic nitrogens is 2. The number of nitrogens with zero attached hydrogens (tertiary/aromatic N) is 2. The van der Waals surface area contributed by atoms with Gasteiger partial charge in [0.25, 0.3) is 0 Å². The molecule has 0 aliphatic rings. The average molecular weight is 294 g/mol. The molecule has 1 heterocycles. The molecular formula is C12H10N2O5S. The molecule has 8 heteroatoms. The first-order valence-electron chi connectivity index (χ1n) is 5.39. The summed E-state index contributed by atoms with van der Waals surface area (Å²) >= 11 is 0. The summed E-state index contributed by atoms with van der Waals surface area (Å²) in [6.07, 6.45) is 2.20. The highest BCUT2D eigenvalue weighted by Crippen LogP contribution is 2.28. The van der Waals surface area contributed by atoms with Crippen LogP contribution >= 0.6 is 0 Å². The zero-order valence-corrected chi connectivity index (χ0v) is 11.1. The summed E-state index contributed by atoms with van der Waals surface area (Å²) in [7, 11) is -3.54. The van der Waals surface area contributed by atoms with Crippen molar-refractivity contribution in [1.82, 2.24) is 9.97 Å². The van der Waals surface area contributed by atoms with Gasteiger partial charge in [0.15, 0.2) is 20.7 Å². The molecule has 2 N–H and O–H groups in total. The maximum Gasteiger partial charge on any atom is 0.340 e. The smallest absolute Gasteiger partial charge is 0.340 e. The van der Waals surface area contributed by atoms with Crippen LogP contribution in [-0.2, 0) is 9.84 Å². The number of carboxylic acid groups (broad SMARTS) is 1. The number of carbonyl (C=O) groups is 1. The highest BCUT2D eigenvalue weighted by atomic mass is 32.2. The first-order chi connectivity index (χ1) is 9.30. The molecule has 1 aromatic carbocycles. The summed E-state index contributed by atoms with van der Waals surface area (Å²) in [5, 5.41) is 18.5. The van der Waals surface area contributed by atoms with Crippen molar-refractivity contribution in [2.45, 2.75) is 5.03 Å². The van der Waals surface area contributed by atoms with E-state index < -0.39 is 21.6 Å². The molecule has 104 valence electrons. The van der Waals surface area contributed by atoms with Gasteiger partial charge in [-0.05, 0) is 12.1 Å². The van der Waals surface area contributed by atoms with Crippen molar-refractivity contribution in [2.75, 3.05) is 6.26 Å². The van der Waals surface area contributed by atoms with Crippen molar-refractivity contribution < 1.29 is 23.4 Å². The van der Waals surface area contributed by atoms with Crippen LogP contribution in [0.3, 0.4) is 0 Å². The Kier molecular flexibility index (Phi) is 3.41. The van der Waals surface area contributed by atoms with Crippen molar-refractivity contribution >= 4 is 15.8 Å². The van der Waals surface area contributed by atoms with Gasteiger partial charge in [0.05, 0.1) is 0 Å². The summed E-state index contributed by atoms with van der Waals surface area (Å²) in [5.41, 5.74) is -0.332. The third-order valence-electron chi connectivity index (χ3n) is 2.51. The van der Waals surface area contributed by atoms with E-state index in [4.69, 9.17) is 5.11 Å². The maximum absolute atomic E-state index is 11.4. The molecule has 1 aromatic heterocycles. The molecule has 2 rings (SSSR count). The lowest BCUT2D eigenvalue weighted by atomic mass is 10.1. The Labute approximate surface area is 114 Å². The Morgan fingerprint density at radius 2 is 1.95 bits per heavy atom. The van der Waals surface area contributed by atoms with Crippen LogP contribution < -0.4 is 0 Å². The van der Waals surface area contributed by atoms with Crippen LogP contribution in [0.4, 0.5) is 0 Å². The minimum Gasteiger partial charge on any atom is -0.507 e. The van der Waals surface area contributed by atoms with E-state index in [0.29, 0.717) is 0 Å². The fourth-order valence-corrected chi connectivity index (χ4v) is 2.19. The Morgan fingerprint density at radius 3 is 2.55 bits per heavy atom. The summed E-state index contributed by atoms with van der Waals surface area (Å²) in [5.74, 6) is -1.88. The van der Waals surface area contributed by atoms with Gasteiger partial charge in [-0.1, -0.05) is 12.1 Å². The molecule has 0 aliphatic carbocycles. The topological polar surface area (TPSA) is 117 Å². The fraction of sp³-hybridized carbons (Fsp3) is 0.0833. The molecular weight excluding hydrogens is 284 g/mol. The van der Waals surface area contributed by atoms with Crippen LogP contribution in [0.2, 0.25) is 0 Å². The Morgan fingerprint density at radius 1 is 1.25 bits per heavy atom. The van der Waals surface area contributed by atoms with E-state index in [2.05, 4.69) is 9.97 Å². The van der Waals surface area contributed by atoms with Crippen molar-refractivity contribution in [3.05, 3.63) is 36.0 Å². The number of aromatic hydroxyl groups is 1. The lowest BCUT2D eigenvalue weighted by molar-refractivity contribution is 0.0694. The monoisotopic (exact) mass is 294 g/mol. The van der Waals surface area contributed by atoms with E-state index in [9.17, 15) is 18.3 Å². The summed E-state index contributed by atoms with van der Waals surface area (Å²) in [4.78, 5) is 18.8. The van der Waals surface area contributed by atoms with Crippen LogP contribution in [-0.4, -0.2) is 40.8 Å². The van der Waals surface area contributed by atoms with Crippen molar-refractivity contribution in [1.29, 1.82) is 0 Å². The maximum atomic E-state index is 11.4. The van der Waals surface area contributed by atoms with Gasteiger partial charge in [0, 0.05) is 18.0 Å². The van der Waals surface area contributed by atoms with E-state index in [1.807, 2.05) is 0 Å². The standard InChI is InChI=1S/C12H10N2O5S/c1-20(18,19)9-5-6-13-11(14-9)7-3-2-4-8(15)10(7)12(16)17/h2-6,15H,1H3,(H,16,17). The van der Waals surface area contributed by atoms with E-state index in [1.165, 1.54) is 30.5 Å².